The molecule has 0 amide bonds. The van der Waals surface area contributed by atoms with Crippen molar-refractivity contribution in [3.8, 4) is 0 Å². The summed E-state index contributed by atoms with van der Waals surface area (Å²) in [7, 11) is 0. The second-order valence-electron chi connectivity index (χ2n) is 3.70. The van der Waals surface area contributed by atoms with Gasteiger partial charge in [0.25, 0.3) is 0 Å². The van der Waals surface area contributed by atoms with Crippen LogP contribution >= 0.6 is 11.8 Å². The number of thioether (sulfide) groups is 1. The van der Waals surface area contributed by atoms with Gasteiger partial charge in [-0.3, -0.25) is 0 Å². The van der Waals surface area contributed by atoms with Gasteiger partial charge >= 0.3 is 5.97 Å². The fourth-order valence-corrected chi connectivity index (χ4v) is 2.76. The number of aliphatic carboxylic acids is 1. The first-order valence-electron chi connectivity index (χ1n) is 5.11. The number of likely N-dealkylation sites (tertiary alicyclic amines) is 1. The van der Waals surface area contributed by atoms with E-state index in [-0.39, 0.29) is 0 Å². The van der Waals surface area contributed by atoms with Gasteiger partial charge in [0.15, 0.2) is 11.0 Å². The third kappa shape index (κ3) is 2.08. The Morgan fingerprint density at radius 1 is 1.62 bits per heavy atom. The molecule has 2 heterocycles. The number of nitrogens with zero attached hydrogens (tertiary/aromatic N) is 1. The topological polar surface area (TPSA) is 69.6 Å². The minimum absolute atomic E-state index is 0.393. The molecular weight excluding hydrogens is 228 g/mol. The van der Waals surface area contributed by atoms with Gasteiger partial charge in [-0.1, -0.05) is 0 Å². The maximum Gasteiger partial charge on any atom is 0.326 e. The number of carboxylic acid groups (broad SMARTS) is 1. The Hall–Kier alpha value is -1.39. The van der Waals surface area contributed by atoms with Crippen molar-refractivity contribution >= 4 is 23.7 Å². The van der Waals surface area contributed by atoms with Crippen LogP contribution in [0.5, 0.6) is 0 Å². The van der Waals surface area contributed by atoms with Crippen LogP contribution in [0.4, 0.5) is 0 Å². The van der Waals surface area contributed by atoms with Crippen molar-refractivity contribution in [1.82, 2.24) is 10.2 Å². The van der Waals surface area contributed by atoms with Crippen LogP contribution in [0.15, 0.2) is 16.3 Å². The highest BCUT2D eigenvalue weighted by Gasteiger charge is 2.32. The van der Waals surface area contributed by atoms with E-state index in [4.69, 9.17) is 5.11 Å². The van der Waals surface area contributed by atoms with E-state index in [1.165, 1.54) is 11.8 Å². The van der Waals surface area contributed by atoms with Crippen LogP contribution in [-0.2, 0) is 9.59 Å². The molecule has 0 saturated carbocycles. The van der Waals surface area contributed by atoms with Crippen molar-refractivity contribution in [1.29, 1.82) is 0 Å². The molecule has 2 aliphatic heterocycles. The first kappa shape index (κ1) is 11.1. The zero-order valence-electron chi connectivity index (χ0n) is 8.60. The van der Waals surface area contributed by atoms with Crippen molar-refractivity contribution < 1.29 is 14.7 Å². The molecule has 0 bridgehead atoms. The Bertz CT molecular complexity index is 388. The van der Waals surface area contributed by atoms with Gasteiger partial charge in [0.2, 0.25) is 0 Å². The van der Waals surface area contributed by atoms with E-state index in [0.29, 0.717) is 11.4 Å². The number of rotatable bonds is 2. The maximum atomic E-state index is 11.1. The van der Waals surface area contributed by atoms with Crippen LogP contribution in [0.25, 0.3) is 0 Å². The third-order valence-electron chi connectivity index (χ3n) is 2.70. The second-order valence-corrected chi connectivity index (χ2v) is 4.73. The number of carboxylic acids is 1. The standard InChI is InChI=1S/C10H12N2O3S/c13-6-8-11-5-9(16-8)12-4-2-1-3-7(12)10(14)15/h5,7,11H,1-4H2,(H,14,15). The molecule has 5 nitrogen and oxygen atoms in total. The lowest BCUT2D eigenvalue weighted by molar-refractivity contribution is -0.143. The molecule has 1 atom stereocenters. The SMILES string of the molecule is O=C=C1NC=C(N2CCCCC2C(=O)O)S1. The highest BCUT2D eigenvalue weighted by molar-refractivity contribution is 8.07. The summed E-state index contributed by atoms with van der Waals surface area (Å²) in [5.41, 5.74) is 0. The molecule has 2 rings (SSSR count). The molecule has 0 radical (unpaired) electrons. The predicted octanol–water partition coefficient (Wildman–Crippen LogP) is 0.734. The van der Waals surface area contributed by atoms with E-state index in [9.17, 15) is 9.59 Å². The smallest absolute Gasteiger partial charge is 0.326 e. The summed E-state index contributed by atoms with van der Waals surface area (Å²) in [6.07, 6.45) is 4.26. The van der Waals surface area contributed by atoms with Gasteiger partial charge in [-0.15, -0.1) is 0 Å². The zero-order valence-corrected chi connectivity index (χ0v) is 9.42. The Morgan fingerprint density at radius 2 is 2.44 bits per heavy atom. The lowest BCUT2D eigenvalue weighted by Crippen LogP contribution is -2.43. The molecule has 0 aromatic carbocycles. The van der Waals surface area contributed by atoms with Crippen LogP contribution < -0.4 is 5.32 Å². The number of nitrogens with one attached hydrogen (secondary N) is 1. The van der Waals surface area contributed by atoms with E-state index in [0.717, 1.165) is 24.4 Å². The normalized spacial score (nSPS) is 24.8. The Balaban J connectivity index is 2.12. The van der Waals surface area contributed by atoms with Gasteiger partial charge in [0, 0.05) is 12.7 Å². The number of hydrogen-bond acceptors (Lipinski definition) is 5. The van der Waals surface area contributed by atoms with Gasteiger partial charge in [0.05, 0.1) is 5.03 Å². The van der Waals surface area contributed by atoms with E-state index < -0.39 is 12.0 Å². The van der Waals surface area contributed by atoms with Crippen molar-refractivity contribution in [2.75, 3.05) is 6.54 Å². The van der Waals surface area contributed by atoms with E-state index in [2.05, 4.69) is 5.32 Å². The van der Waals surface area contributed by atoms with Gasteiger partial charge in [0.1, 0.15) is 6.04 Å². The molecule has 1 saturated heterocycles. The van der Waals surface area contributed by atoms with Gasteiger partial charge in [-0.25, -0.2) is 9.59 Å². The Morgan fingerprint density at radius 3 is 3.06 bits per heavy atom. The van der Waals surface area contributed by atoms with E-state index in [1.54, 1.807) is 12.1 Å². The van der Waals surface area contributed by atoms with Crippen molar-refractivity contribution in [2.45, 2.75) is 25.3 Å². The van der Waals surface area contributed by atoms with Gasteiger partial charge in [-0.05, 0) is 31.0 Å². The molecule has 16 heavy (non-hydrogen) atoms. The van der Waals surface area contributed by atoms with Crippen molar-refractivity contribution in [3.05, 3.63) is 16.3 Å². The fraction of sp³-hybridized carbons (Fsp3) is 0.500. The number of carbonyl (C=O) groups is 1. The number of piperidine rings is 1. The molecule has 1 unspecified atom stereocenters. The highest BCUT2D eigenvalue weighted by Crippen LogP contribution is 2.34. The fourth-order valence-electron chi connectivity index (χ4n) is 1.93. The second kappa shape index (κ2) is 4.63. The first-order chi connectivity index (χ1) is 7.72. The van der Waals surface area contributed by atoms with E-state index >= 15 is 0 Å². The minimum Gasteiger partial charge on any atom is -0.480 e. The summed E-state index contributed by atoms with van der Waals surface area (Å²) in [4.78, 5) is 23.4. The molecule has 6 heteroatoms. The monoisotopic (exact) mass is 240 g/mol. The summed E-state index contributed by atoms with van der Waals surface area (Å²) in [6, 6.07) is -0.472. The number of hydrogen-bond donors (Lipinski definition) is 2. The average Bonchev–Trinajstić information content (AvgIpc) is 2.77. The zero-order chi connectivity index (χ0) is 11.5. The predicted molar refractivity (Wildman–Crippen MR) is 60.0 cm³/mol. The van der Waals surface area contributed by atoms with Gasteiger partial charge in [-0.2, -0.15) is 0 Å². The summed E-state index contributed by atoms with van der Waals surface area (Å²) in [5, 5.41) is 13.1. The Labute approximate surface area is 97.2 Å². The largest absolute Gasteiger partial charge is 0.480 e. The number of carbonyl (C=O) groups excluding carboxylic acids is 1. The van der Waals surface area contributed by atoms with Crippen molar-refractivity contribution in [2.24, 2.45) is 0 Å². The first-order valence-corrected chi connectivity index (χ1v) is 5.93. The minimum atomic E-state index is -0.801. The average molecular weight is 240 g/mol. The lowest BCUT2D eigenvalue weighted by atomic mass is 10.0. The summed E-state index contributed by atoms with van der Waals surface area (Å²) in [6.45, 7) is 0.726. The molecule has 86 valence electrons. The summed E-state index contributed by atoms with van der Waals surface area (Å²) < 4.78 is 0. The van der Waals surface area contributed by atoms with E-state index in [1.807, 2.05) is 4.90 Å². The molecule has 1 fully saturated rings. The summed E-state index contributed by atoms with van der Waals surface area (Å²) >= 11 is 1.24. The Kier molecular flexibility index (Phi) is 3.22. The molecule has 0 aliphatic carbocycles. The quantitative estimate of drug-likeness (QED) is 0.694. The van der Waals surface area contributed by atoms with Crippen molar-refractivity contribution in [3.63, 3.8) is 0 Å². The maximum absolute atomic E-state index is 11.1. The highest BCUT2D eigenvalue weighted by atomic mass is 32.2. The molecule has 0 aromatic heterocycles. The molecule has 2 aliphatic rings. The molecule has 2 N–H and O–H groups in total. The third-order valence-corrected chi connectivity index (χ3v) is 3.66. The molecule has 0 aromatic rings. The molecular formula is C10H12N2O3S. The summed E-state index contributed by atoms with van der Waals surface area (Å²) in [5.74, 6) is 0.968. The van der Waals surface area contributed by atoms with Crippen LogP contribution in [0.2, 0.25) is 0 Å². The van der Waals surface area contributed by atoms with Crippen LogP contribution in [0.3, 0.4) is 0 Å². The van der Waals surface area contributed by atoms with Crippen LogP contribution in [0.1, 0.15) is 19.3 Å². The van der Waals surface area contributed by atoms with Crippen LogP contribution in [0, 0.1) is 0 Å². The lowest BCUT2D eigenvalue weighted by Gasteiger charge is -2.34. The molecule has 0 spiro atoms. The van der Waals surface area contributed by atoms with Gasteiger partial charge < -0.3 is 15.3 Å². The van der Waals surface area contributed by atoms with Crippen LogP contribution in [-0.4, -0.2) is 34.5 Å².